The van der Waals surface area contributed by atoms with Crippen molar-refractivity contribution in [2.75, 3.05) is 31.3 Å². The minimum atomic E-state index is -3.58. The highest BCUT2D eigenvalue weighted by molar-refractivity contribution is 7.99. The predicted octanol–water partition coefficient (Wildman–Crippen LogP) is 5.73. The van der Waals surface area contributed by atoms with E-state index in [0.717, 1.165) is 60.8 Å². The molecule has 2 heterocycles. The van der Waals surface area contributed by atoms with Crippen molar-refractivity contribution in [2.24, 2.45) is 0 Å². The summed E-state index contributed by atoms with van der Waals surface area (Å²) in [5, 5.41) is 4.48. The number of benzene rings is 2. The maximum absolute atomic E-state index is 12.6. The van der Waals surface area contributed by atoms with Crippen LogP contribution in [-0.2, 0) is 16.4 Å². The molecule has 0 aliphatic carbocycles. The van der Waals surface area contributed by atoms with Crippen LogP contribution in [0.5, 0.6) is 5.75 Å². The van der Waals surface area contributed by atoms with Crippen LogP contribution in [0.3, 0.4) is 0 Å². The molecule has 0 unspecified atom stereocenters. The number of nitrogens with zero attached hydrogens (tertiary/aromatic N) is 1. The molecule has 0 atom stereocenters. The molecule has 0 saturated carbocycles. The van der Waals surface area contributed by atoms with Crippen LogP contribution in [0.25, 0.3) is 11.3 Å². The minimum absolute atomic E-state index is 0.197. The van der Waals surface area contributed by atoms with Crippen LogP contribution in [0, 0.1) is 6.92 Å². The van der Waals surface area contributed by atoms with Crippen LogP contribution in [0.4, 0.5) is 5.13 Å². The summed E-state index contributed by atoms with van der Waals surface area (Å²) in [5.41, 5.74) is 3.26. The summed E-state index contributed by atoms with van der Waals surface area (Å²) in [6.07, 6.45) is 4.88. The van der Waals surface area contributed by atoms with Crippen LogP contribution in [0.15, 0.2) is 52.3 Å². The molecule has 3 aromatic rings. The third kappa shape index (κ3) is 6.13. The van der Waals surface area contributed by atoms with Crippen molar-refractivity contribution in [3.05, 3.63) is 52.9 Å². The lowest BCUT2D eigenvalue weighted by Crippen LogP contribution is -2.25. The first kappa shape index (κ1) is 25.0. The largest absolute Gasteiger partial charge is 0.495 e. The summed E-state index contributed by atoms with van der Waals surface area (Å²) in [7, 11) is -2.10. The lowest BCUT2D eigenvalue weighted by molar-refractivity contribution is 0.402. The molecule has 0 amide bonds. The summed E-state index contributed by atoms with van der Waals surface area (Å²) in [6, 6.07) is 13.7. The molecule has 0 radical (unpaired) electrons. The fraction of sp³-hybridized carbons (Fsp3) is 0.400. The lowest BCUT2D eigenvalue weighted by atomic mass is 10.1. The molecule has 4 rings (SSSR count). The van der Waals surface area contributed by atoms with E-state index in [0.29, 0.717) is 12.3 Å². The minimum Gasteiger partial charge on any atom is -0.495 e. The fourth-order valence-corrected chi connectivity index (χ4v) is 7.40. The molecule has 0 fully saturated rings. The van der Waals surface area contributed by atoms with Crippen LogP contribution in [-0.4, -0.2) is 39.4 Å². The van der Waals surface area contributed by atoms with E-state index in [9.17, 15) is 8.42 Å². The molecule has 1 aliphatic heterocycles. The van der Waals surface area contributed by atoms with Gasteiger partial charge in [-0.05, 0) is 49.9 Å². The van der Waals surface area contributed by atoms with Crippen molar-refractivity contribution < 1.29 is 13.2 Å². The predicted molar refractivity (Wildman–Crippen MR) is 142 cm³/mol. The zero-order valence-corrected chi connectivity index (χ0v) is 22.0. The maximum Gasteiger partial charge on any atom is 0.244 e. The molecule has 2 N–H and O–H groups in total. The smallest absolute Gasteiger partial charge is 0.244 e. The first-order valence-corrected chi connectivity index (χ1v) is 14.9. The highest BCUT2D eigenvalue weighted by atomic mass is 32.2. The Kier molecular flexibility index (Phi) is 8.52. The van der Waals surface area contributed by atoms with Crippen molar-refractivity contribution in [3.8, 4) is 17.0 Å². The topological polar surface area (TPSA) is 80.3 Å². The number of hydrogen-bond acceptors (Lipinski definition) is 7. The van der Waals surface area contributed by atoms with Crippen LogP contribution in [0.2, 0.25) is 0 Å². The maximum atomic E-state index is 12.6. The van der Waals surface area contributed by atoms with Crippen LogP contribution >= 0.6 is 23.1 Å². The number of anilines is 1. The standard InChI is InChI=1S/C25H31N3O3S3/c1-18-11-12-20(31-2)23(17-18)34(29,30)27-15-8-4-3-7-14-26-25-28-24-19-9-5-6-10-21(19)32-16-13-22(24)33-25/h5-6,9-12,17,27H,3-4,7-8,13-16H2,1-2H3,(H,26,28). The van der Waals surface area contributed by atoms with Gasteiger partial charge >= 0.3 is 0 Å². The average molecular weight is 518 g/mol. The summed E-state index contributed by atoms with van der Waals surface area (Å²) in [6.45, 7) is 3.16. The van der Waals surface area contributed by atoms with E-state index in [4.69, 9.17) is 9.72 Å². The number of ether oxygens (including phenoxy) is 1. The van der Waals surface area contributed by atoms with E-state index in [2.05, 4.69) is 34.3 Å². The zero-order chi connectivity index (χ0) is 24.0. The summed E-state index contributed by atoms with van der Waals surface area (Å²) >= 11 is 3.67. The Labute approximate surface area is 210 Å². The Morgan fingerprint density at radius 1 is 1.06 bits per heavy atom. The number of rotatable bonds is 11. The summed E-state index contributed by atoms with van der Waals surface area (Å²) in [4.78, 5) is 7.75. The monoisotopic (exact) mass is 517 g/mol. The van der Waals surface area contributed by atoms with Gasteiger partial charge in [-0.15, -0.1) is 23.1 Å². The molecule has 1 aromatic heterocycles. The van der Waals surface area contributed by atoms with Crippen molar-refractivity contribution in [2.45, 2.75) is 48.8 Å². The summed E-state index contributed by atoms with van der Waals surface area (Å²) < 4.78 is 33.2. The van der Waals surface area contributed by atoms with Gasteiger partial charge in [0.2, 0.25) is 10.0 Å². The molecule has 34 heavy (non-hydrogen) atoms. The molecule has 0 spiro atoms. The van der Waals surface area contributed by atoms with Crippen molar-refractivity contribution in [1.82, 2.24) is 9.71 Å². The number of methoxy groups -OCH3 is 1. The quantitative estimate of drug-likeness (QED) is 0.316. The second kappa shape index (κ2) is 11.6. The molecule has 182 valence electrons. The van der Waals surface area contributed by atoms with Gasteiger partial charge in [0.15, 0.2) is 5.13 Å². The molecule has 2 aromatic carbocycles. The van der Waals surface area contributed by atoms with Gasteiger partial charge in [0.25, 0.3) is 0 Å². The lowest BCUT2D eigenvalue weighted by Gasteiger charge is -2.11. The number of nitrogens with one attached hydrogen (secondary N) is 2. The van der Waals surface area contributed by atoms with E-state index >= 15 is 0 Å². The van der Waals surface area contributed by atoms with Gasteiger partial charge in [-0.2, -0.15) is 0 Å². The van der Waals surface area contributed by atoms with E-state index in [-0.39, 0.29) is 4.90 Å². The number of thiazole rings is 1. The first-order valence-electron chi connectivity index (χ1n) is 11.6. The number of thioether (sulfide) groups is 1. The number of sulfonamides is 1. The Morgan fingerprint density at radius 3 is 2.68 bits per heavy atom. The molecule has 9 heteroatoms. The Bertz CT molecular complexity index is 1230. The number of aryl methyl sites for hydroxylation is 2. The average Bonchev–Trinajstić information content (AvgIpc) is 3.15. The summed E-state index contributed by atoms with van der Waals surface area (Å²) in [5.74, 6) is 1.46. The van der Waals surface area contributed by atoms with E-state index in [1.165, 1.54) is 22.4 Å². The molecule has 1 aliphatic rings. The number of fused-ring (bicyclic) bond motifs is 3. The van der Waals surface area contributed by atoms with Gasteiger partial charge in [-0.3, -0.25) is 0 Å². The SMILES string of the molecule is COc1ccc(C)cc1S(=O)(=O)NCCCCCCNc1nc2c(s1)CCSc1ccccc1-2. The normalized spacial score (nSPS) is 13.1. The third-order valence-electron chi connectivity index (χ3n) is 5.71. The molecular weight excluding hydrogens is 486 g/mol. The first-order chi connectivity index (χ1) is 16.5. The molecular formula is C25H31N3O3S3. The number of hydrogen-bond donors (Lipinski definition) is 2. The van der Waals surface area contributed by atoms with Gasteiger partial charge in [0.05, 0.1) is 12.8 Å². The molecule has 6 nitrogen and oxygen atoms in total. The van der Waals surface area contributed by atoms with Gasteiger partial charge in [-0.25, -0.2) is 18.1 Å². The Hall–Kier alpha value is -2.07. The number of aromatic nitrogens is 1. The zero-order valence-electron chi connectivity index (χ0n) is 19.6. The van der Waals surface area contributed by atoms with E-state index in [1.807, 2.05) is 24.8 Å². The highest BCUT2D eigenvalue weighted by Gasteiger charge is 2.20. The van der Waals surface area contributed by atoms with Crippen LogP contribution < -0.4 is 14.8 Å². The van der Waals surface area contributed by atoms with Crippen LogP contribution in [0.1, 0.15) is 36.1 Å². The molecule has 0 saturated heterocycles. The van der Waals surface area contributed by atoms with Gasteiger partial charge < -0.3 is 10.1 Å². The van der Waals surface area contributed by atoms with Gasteiger partial charge in [0, 0.05) is 34.2 Å². The molecule has 0 bridgehead atoms. The van der Waals surface area contributed by atoms with E-state index < -0.39 is 10.0 Å². The van der Waals surface area contributed by atoms with Crippen molar-refractivity contribution in [3.63, 3.8) is 0 Å². The number of unbranched alkanes of at least 4 members (excludes halogenated alkanes) is 3. The van der Waals surface area contributed by atoms with E-state index in [1.54, 1.807) is 23.5 Å². The van der Waals surface area contributed by atoms with Crippen molar-refractivity contribution in [1.29, 1.82) is 0 Å². The van der Waals surface area contributed by atoms with Gasteiger partial charge in [-0.1, -0.05) is 37.1 Å². The Morgan fingerprint density at radius 2 is 1.85 bits per heavy atom. The second-order valence-corrected chi connectivity index (χ2v) is 12.2. The highest BCUT2D eigenvalue weighted by Crippen LogP contribution is 2.40. The Balaban J connectivity index is 1.18. The fourth-order valence-electron chi connectivity index (χ4n) is 3.93. The third-order valence-corrected chi connectivity index (χ3v) is 9.34. The van der Waals surface area contributed by atoms with Crippen molar-refractivity contribution >= 4 is 38.3 Å². The second-order valence-electron chi connectivity index (χ2n) is 8.28. The van der Waals surface area contributed by atoms with Gasteiger partial charge in [0.1, 0.15) is 10.6 Å².